The number of nitrogens with two attached hydrogens (primary N) is 1. The number of carbonyl (C=O) groups excluding carboxylic acids is 4. The highest BCUT2D eigenvalue weighted by Crippen LogP contribution is 2.53. The van der Waals surface area contributed by atoms with Crippen LogP contribution in [-0.2, 0) is 29.5 Å². The Morgan fingerprint density at radius 2 is 2.07 bits per heavy atom. The van der Waals surface area contributed by atoms with Crippen LogP contribution < -0.4 is 16.4 Å². The highest BCUT2D eigenvalue weighted by Gasteiger charge is 2.70. The maximum atomic E-state index is 13.2. The Bertz CT molecular complexity index is 906. The van der Waals surface area contributed by atoms with E-state index in [0.29, 0.717) is 11.3 Å². The van der Waals surface area contributed by atoms with Crippen molar-refractivity contribution in [2.75, 3.05) is 25.6 Å². The zero-order chi connectivity index (χ0) is 20.2. The van der Waals surface area contributed by atoms with E-state index in [1.165, 1.54) is 7.11 Å². The number of primary amides is 1. The van der Waals surface area contributed by atoms with Gasteiger partial charge in [0.15, 0.2) is 0 Å². The average Bonchev–Trinajstić information content (AvgIpc) is 3.19. The van der Waals surface area contributed by atoms with Crippen molar-refractivity contribution in [2.24, 2.45) is 17.6 Å². The van der Waals surface area contributed by atoms with E-state index in [9.17, 15) is 19.2 Å². The van der Waals surface area contributed by atoms with Gasteiger partial charge in [-0.25, -0.2) is 0 Å². The third-order valence-electron chi connectivity index (χ3n) is 5.71. The fourth-order valence-electron chi connectivity index (χ4n) is 4.63. The molecule has 4 N–H and O–H groups in total. The van der Waals surface area contributed by atoms with Crippen molar-refractivity contribution in [3.63, 3.8) is 0 Å². The van der Waals surface area contributed by atoms with Gasteiger partial charge in [0.1, 0.15) is 5.54 Å². The van der Waals surface area contributed by atoms with Crippen LogP contribution in [0.5, 0.6) is 0 Å². The van der Waals surface area contributed by atoms with Crippen molar-refractivity contribution in [1.29, 1.82) is 0 Å². The highest BCUT2D eigenvalue weighted by molar-refractivity contribution is 9.10. The predicted molar refractivity (Wildman–Crippen MR) is 101 cm³/mol. The molecule has 1 aromatic carbocycles. The molecule has 1 spiro atoms. The SMILES string of the molecule is COCCN1C(=O)[C@@H]2[C@@H](C1=O)[C@@]1(N[C@@H]2CC(N)=O)C(=O)Nc2ccc(Br)cc21. The van der Waals surface area contributed by atoms with Crippen LogP contribution in [0.1, 0.15) is 12.0 Å². The maximum Gasteiger partial charge on any atom is 0.250 e. The first-order chi connectivity index (χ1) is 13.3. The molecule has 0 radical (unpaired) electrons. The van der Waals surface area contributed by atoms with Crippen LogP contribution in [0.2, 0.25) is 0 Å². The smallest absolute Gasteiger partial charge is 0.250 e. The standard InChI is InChI=1S/C18H19BrN4O5/c1-28-5-4-23-15(25)13-11(7-12(20)24)22-18(14(13)16(23)26)9-6-8(19)2-3-10(9)21-17(18)27/h2-3,6,11,13-14,22H,4-5,7H2,1H3,(H2,20,24)(H,21,27)/t11-,13+,14+,18-/m1/s1. The van der Waals surface area contributed by atoms with Gasteiger partial charge in [0.25, 0.3) is 0 Å². The molecule has 4 amide bonds. The number of rotatable bonds is 5. The number of ether oxygens (including phenoxy) is 1. The monoisotopic (exact) mass is 450 g/mol. The summed E-state index contributed by atoms with van der Waals surface area (Å²) in [5.41, 5.74) is 5.08. The second-order valence-corrected chi connectivity index (χ2v) is 8.11. The molecular weight excluding hydrogens is 432 g/mol. The second kappa shape index (κ2) is 6.64. The number of fused-ring (bicyclic) bond motifs is 4. The lowest BCUT2D eigenvalue weighted by Crippen LogP contribution is -2.53. The molecule has 0 saturated carbocycles. The summed E-state index contributed by atoms with van der Waals surface area (Å²) < 4.78 is 5.73. The molecular formula is C18H19BrN4O5. The summed E-state index contributed by atoms with van der Waals surface area (Å²) in [7, 11) is 1.48. The van der Waals surface area contributed by atoms with Crippen LogP contribution in [0.3, 0.4) is 0 Å². The molecule has 2 saturated heterocycles. The number of methoxy groups -OCH3 is 1. The van der Waals surface area contributed by atoms with Crippen LogP contribution >= 0.6 is 15.9 Å². The molecule has 0 unspecified atom stereocenters. The number of anilines is 1. The zero-order valence-corrected chi connectivity index (χ0v) is 16.6. The van der Waals surface area contributed by atoms with Gasteiger partial charge in [-0.15, -0.1) is 0 Å². The number of likely N-dealkylation sites (tertiary alicyclic amines) is 1. The van der Waals surface area contributed by atoms with Crippen LogP contribution in [0.4, 0.5) is 5.69 Å². The molecule has 148 valence electrons. The molecule has 0 aromatic heterocycles. The minimum absolute atomic E-state index is 0.0908. The number of nitrogens with zero attached hydrogens (tertiary/aromatic N) is 1. The number of hydrogen-bond donors (Lipinski definition) is 3. The number of amides is 4. The Morgan fingerprint density at radius 3 is 2.75 bits per heavy atom. The molecule has 28 heavy (non-hydrogen) atoms. The van der Waals surface area contributed by atoms with Gasteiger partial charge >= 0.3 is 0 Å². The molecule has 1 aromatic rings. The van der Waals surface area contributed by atoms with Crippen molar-refractivity contribution >= 4 is 45.2 Å². The number of carbonyl (C=O) groups is 4. The number of benzene rings is 1. The van der Waals surface area contributed by atoms with Gasteiger partial charge < -0.3 is 15.8 Å². The van der Waals surface area contributed by atoms with Crippen LogP contribution in [0.25, 0.3) is 0 Å². The number of imide groups is 1. The van der Waals surface area contributed by atoms with Crippen molar-refractivity contribution in [3.8, 4) is 0 Å². The van der Waals surface area contributed by atoms with Gasteiger partial charge in [-0.2, -0.15) is 0 Å². The normalized spacial score (nSPS) is 30.7. The molecule has 4 rings (SSSR count). The zero-order valence-electron chi connectivity index (χ0n) is 15.0. The molecule has 4 atom stereocenters. The Labute approximate surface area is 169 Å². The first-order valence-corrected chi connectivity index (χ1v) is 9.62. The van der Waals surface area contributed by atoms with Crippen molar-refractivity contribution in [1.82, 2.24) is 10.2 Å². The van der Waals surface area contributed by atoms with Crippen molar-refractivity contribution in [2.45, 2.75) is 18.0 Å². The van der Waals surface area contributed by atoms with E-state index >= 15 is 0 Å². The molecule has 0 bridgehead atoms. The van der Waals surface area contributed by atoms with Crippen LogP contribution in [0.15, 0.2) is 22.7 Å². The van der Waals surface area contributed by atoms with Gasteiger partial charge in [0, 0.05) is 35.3 Å². The van der Waals surface area contributed by atoms with E-state index < -0.39 is 47.0 Å². The Hall–Kier alpha value is -2.30. The molecule has 3 aliphatic heterocycles. The minimum atomic E-state index is -1.43. The molecule has 3 heterocycles. The summed E-state index contributed by atoms with van der Waals surface area (Å²) in [5.74, 6) is -3.72. The topological polar surface area (TPSA) is 131 Å². The van der Waals surface area contributed by atoms with E-state index in [1.807, 2.05) is 0 Å². The summed E-state index contributed by atoms with van der Waals surface area (Å²) >= 11 is 3.40. The fourth-order valence-corrected chi connectivity index (χ4v) is 4.99. The van der Waals surface area contributed by atoms with Crippen molar-refractivity contribution in [3.05, 3.63) is 28.2 Å². The van der Waals surface area contributed by atoms with E-state index in [4.69, 9.17) is 10.5 Å². The van der Waals surface area contributed by atoms with Crippen molar-refractivity contribution < 1.29 is 23.9 Å². The Balaban J connectivity index is 1.85. The summed E-state index contributed by atoms with van der Waals surface area (Å²) in [4.78, 5) is 52.1. The second-order valence-electron chi connectivity index (χ2n) is 7.20. The number of halogens is 1. The molecule has 2 fully saturated rings. The predicted octanol–water partition coefficient (Wildman–Crippen LogP) is -0.309. The summed E-state index contributed by atoms with van der Waals surface area (Å²) in [6, 6.07) is 4.54. The minimum Gasteiger partial charge on any atom is -0.383 e. The number of nitrogens with one attached hydrogen (secondary N) is 2. The lowest BCUT2D eigenvalue weighted by Gasteiger charge is -2.29. The average molecular weight is 451 g/mol. The van der Waals surface area contributed by atoms with Crippen LogP contribution in [0, 0.1) is 11.8 Å². The maximum absolute atomic E-state index is 13.2. The van der Waals surface area contributed by atoms with E-state index in [1.54, 1.807) is 18.2 Å². The van der Waals surface area contributed by atoms with E-state index in [2.05, 4.69) is 26.6 Å². The van der Waals surface area contributed by atoms with Gasteiger partial charge in [-0.3, -0.25) is 29.4 Å². The van der Waals surface area contributed by atoms with Gasteiger partial charge in [0.05, 0.1) is 25.0 Å². The third-order valence-corrected chi connectivity index (χ3v) is 6.20. The van der Waals surface area contributed by atoms with Gasteiger partial charge in [-0.05, 0) is 18.2 Å². The lowest BCUT2D eigenvalue weighted by atomic mass is 9.76. The van der Waals surface area contributed by atoms with E-state index in [0.717, 1.165) is 9.37 Å². The molecule has 0 aliphatic carbocycles. The quantitative estimate of drug-likeness (QED) is 0.527. The van der Waals surface area contributed by atoms with Gasteiger partial charge in [0.2, 0.25) is 23.6 Å². The van der Waals surface area contributed by atoms with Gasteiger partial charge in [-0.1, -0.05) is 15.9 Å². The lowest BCUT2D eigenvalue weighted by molar-refractivity contribution is -0.143. The highest BCUT2D eigenvalue weighted by atomic mass is 79.9. The summed E-state index contributed by atoms with van der Waals surface area (Å²) in [6.07, 6.45) is -0.156. The summed E-state index contributed by atoms with van der Waals surface area (Å²) in [6.45, 7) is 0.277. The first-order valence-electron chi connectivity index (χ1n) is 8.83. The summed E-state index contributed by atoms with van der Waals surface area (Å²) in [5, 5.41) is 5.93. The van der Waals surface area contributed by atoms with Crippen LogP contribution in [-0.4, -0.2) is 54.8 Å². The Kier molecular flexibility index (Phi) is 4.52. The molecule has 9 nitrogen and oxygen atoms in total. The molecule has 10 heteroatoms. The largest absolute Gasteiger partial charge is 0.383 e. The Morgan fingerprint density at radius 1 is 1.32 bits per heavy atom. The van der Waals surface area contributed by atoms with E-state index in [-0.39, 0.29) is 19.6 Å². The third kappa shape index (κ3) is 2.51. The molecule has 3 aliphatic rings. The number of hydrogen-bond acceptors (Lipinski definition) is 6. The fraction of sp³-hybridized carbons (Fsp3) is 0.444. The first kappa shape index (κ1) is 19.0.